The summed E-state index contributed by atoms with van der Waals surface area (Å²) >= 11 is 0. The van der Waals surface area contributed by atoms with E-state index in [0.717, 1.165) is 19.3 Å². The Kier molecular flexibility index (Phi) is 3.71. The molecule has 1 fully saturated rings. The van der Waals surface area contributed by atoms with Crippen LogP contribution in [0.4, 0.5) is 0 Å². The van der Waals surface area contributed by atoms with Gasteiger partial charge in [-0.25, -0.2) is 0 Å². The third-order valence-corrected chi connectivity index (χ3v) is 3.25. The highest BCUT2D eigenvalue weighted by Gasteiger charge is 2.30. The molecule has 1 unspecified atom stereocenters. The number of nitrogens with zero attached hydrogens (tertiary/aromatic N) is 1. The Morgan fingerprint density at radius 3 is 2.46 bits per heavy atom. The van der Waals surface area contributed by atoms with Crippen LogP contribution in [-0.2, 0) is 0 Å². The minimum Gasteiger partial charge on any atom is -0.378 e. The standard InChI is InChI=1S/C10H22N2O/c1-7-4-5-8(6-9(7)11)10(13)12(2)3/h7-10,13H,4-6,11H2,1-3H3/t7-,8-,9+,10?/m0/s1. The predicted molar refractivity (Wildman–Crippen MR) is 54.2 cm³/mol. The molecule has 3 heteroatoms. The zero-order valence-electron chi connectivity index (χ0n) is 8.90. The largest absolute Gasteiger partial charge is 0.378 e. The van der Waals surface area contributed by atoms with Crippen LogP contribution in [0.25, 0.3) is 0 Å². The van der Waals surface area contributed by atoms with Gasteiger partial charge in [0.15, 0.2) is 0 Å². The van der Waals surface area contributed by atoms with E-state index in [0.29, 0.717) is 11.8 Å². The molecule has 0 spiro atoms. The average molecular weight is 186 g/mol. The highest BCUT2D eigenvalue weighted by molar-refractivity contribution is 4.82. The molecule has 1 saturated carbocycles. The van der Waals surface area contributed by atoms with Crippen LogP contribution < -0.4 is 5.73 Å². The first kappa shape index (κ1) is 11.0. The maximum atomic E-state index is 9.83. The van der Waals surface area contributed by atoms with Gasteiger partial charge in [0.2, 0.25) is 0 Å². The molecule has 0 aromatic heterocycles. The molecule has 3 N–H and O–H groups in total. The maximum absolute atomic E-state index is 9.83. The summed E-state index contributed by atoms with van der Waals surface area (Å²) < 4.78 is 0. The Bertz CT molecular complexity index is 161. The fraction of sp³-hybridized carbons (Fsp3) is 1.00. The van der Waals surface area contributed by atoms with Crippen LogP contribution in [0.3, 0.4) is 0 Å². The van der Waals surface area contributed by atoms with Gasteiger partial charge in [-0.2, -0.15) is 0 Å². The van der Waals surface area contributed by atoms with Crippen molar-refractivity contribution in [3.05, 3.63) is 0 Å². The summed E-state index contributed by atoms with van der Waals surface area (Å²) in [6.07, 6.45) is 2.89. The summed E-state index contributed by atoms with van der Waals surface area (Å²) in [6, 6.07) is 0.272. The van der Waals surface area contributed by atoms with Crippen molar-refractivity contribution in [1.82, 2.24) is 4.90 Å². The molecular weight excluding hydrogens is 164 g/mol. The maximum Gasteiger partial charge on any atom is 0.109 e. The monoisotopic (exact) mass is 186 g/mol. The fourth-order valence-electron chi connectivity index (χ4n) is 2.08. The molecule has 0 bridgehead atoms. The Balaban J connectivity index is 2.45. The van der Waals surface area contributed by atoms with E-state index in [9.17, 15) is 5.11 Å². The van der Waals surface area contributed by atoms with Gasteiger partial charge < -0.3 is 10.8 Å². The zero-order chi connectivity index (χ0) is 10.0. The topological polar surface area (TPSA) is 49.5 Å². The Labute approximate surface area is 80.9 Å². The van der Waals surface area contributed by atoms with Gasteiger partial charge in [0.25, 0.3) is 0 Å². The molecule has 1 aliphatic carbocycles. The average Bonchev–Trinajstić information content (AvgIpc) is 2.08. The van der Waals surface area contributed by atoms with Gasteiger partial charge in [0.1, 0.15) is 6.23 Å². The van der Waals surface area contributed by atoms with Crippen LogP contribution in [0.5, 0.6) is 0 Å². The normalized spacial score (nSPS) is 37.8. The molecule has 0 amide bonds. The molecule has 0 aromatic rings. The second-order valence-electron chi connectivity index (χ2n) is 4.59. The SMILES string of the molecule is C[C@H]1CC[C@H](C(O)N(C)C)C[C@H]1N. The number of rotatable bonds is 2. The summed E-state index contributed by atoms with van der Waals surface area (Å²) in [7, 11) is 3.82. The Morgan fingerprint density at radius 1 is 1.38 bits per heavy atom. The summed E-state index contributed by atoms with van der Waals surface area (Å²) in [5.74, 6) is 0.979. The van der Waals surface area contributed by atoms with Gasteiger partial charge >= 0.3 is 0 Å². The van der Waals surface area contributed by atoms with Crippen LogP contribution in [0.1, 0.15) is 26.2 Å². The number of aliphatic hydroxyl groups excluding tert-OH is 1. The summed E-state index contributed by atoms with van der Waals surface area (Å²) in [5, 5.41) is 9.83. The molecule has 4 atom stereocenters. The summed E-state index contributed by atoms with van der Waals surface area (Å²) in [5.41, 5.74) is 5.98. The van der Waals surface area contributed by atoms with Gasteiger partial charge in [0, 0.05) is 6.04 Å². The molecule has 0 aliphatic heterocycles. The lowest BCUT2D eigenvalue weighted by atomic mass is 9.78. The van der Waals surface area contributed by atoms with Gasteiger partial charge in [-0.15, -0.1) is 0 Å². The smallest absolute Gasteiger partial charge is 0.109 e. The number of hydrogen-bond donors (Lipinski definition) is 2. The van der Waals surface area contributed by atoms with E-state index in [-0.39, 0.29) is 12.3 Å². The van der Waals surface area contributed by atoms with Crippen molar-refractivity contribution in [1.29, 1.82) is 0 Å². The molecule has 0 aromatic carbocycles. The predicted octanol–water partition coefficient (Wildman–Crippen LogP) is 0.630. The van der Waals surface area contributed by atoms with E-state index >= 15 is 0 Å². The van der Waals surface area contributed by atoms with E-state index in [1.165, 1.54) is 0 Å². The Morgan fingerprint density at radius 2 is 2.00 bits per heavy atom. The number of nitrogens with two attached hydrogens (primary N) is 1. The van der Waals surface area contributed by atoms with Crippen molar-refractivity contribution in [2.24, 2.45) is 17.6 Å². The third kappa shape index (κ3) is 2.66. The van der Waals surface area contributed by atoms with E-state index in [1.54, 1.807) is 0 Å². The van der Waals surface area contributed by atoms with Crippen LogP contribution in [-0.4, -0.2) is 36.4 Å². The minimum absolute atomic E-state index is 0.272. The number of aliphatic hydroxyl groups is 1. The molecule has 1 aliphatic rings. The molecule has 78 valence electrons. The molecular formula is C10H22N2O. The summed E-state index contributed by atoms with van der Waals surface area (Å²) in [4.78, 5) is 1.87. The van der Waals surface area contributed by atoms with E-state index < -0.39 is 0 Å². The molecule has 0 saturated heterocycles. The third-order valence-electron chi connectivity index (χ3n) is 3.25. The first-order valence-corrected chi connectivity index (χ1v) is 5.12. The molecule has 1 rings (SSSR count). The van der Waals surface area contributed by atoms with Crippen molar-refractivity contribution < 1.29 is 5.11 Å². The zero-order valence-corrected chi connectivity index (χ0v) is 8.90. The van der Waals surface area contributed by atoms with Gasteiger partial charge in [-0.1, -0.05) is 6.92 Å². The van der Waals surface area contributed by atoms with Crippen molar-refractivity contribution in [2.75, 3.05) is 14.1 Å². The molecule has 13 heavy (non-hydrogen) atoms. The second kappa shape index (κ2) is 4.40. The lowest BCUT2D eigenvalue weighted by molar-refractivity contribution is -0.0299. The molecule has 3 nitrogen and oxygen atoms in total. The molecule has 0 radical (unpaired) electrons. The van der Waals surface area contributed by atoms with E-state index in [1.807, 2.05) is 19.0 Å². The van der Waals surface area contributed by atoms with E-state index in [4.69, 9.17) is 5.73 Å². The van der Waals surface area contributed by atoms with Crippen LogP contribution in [0, 0.1) is 11.8 Å². The lowest BCUT2D eigenvalue weighted by Crippen LogP contribution is -2.43. The van der Waals surface area contributed by atoms with E-state index in [2.05, 4.69) is 6.92 Å². The van der Waals surface area contributed by atoms with Crippen molar-refractivity contribution >= 4 is 0 Å². The Hall–Kier alpha value is -0.120. The van der Waals surface area contributed by atoms with Gasteiger partial charge in [0.05, 0.1) is 0 Å². The molecule has 0 heterocycles. The first-order valence-electron chi connectivity index (χ1n) is 5.12. The van der Waals surface area contributed by atoms with Crippen LogP contribution in [0.2, 0.25) is 0 Å². The van der Waals surface area contributed by atoms with Crippen LogP contribution >= 0.6 is 0 Å². The highest BCUT2D eigenvalue weighted by atomic mass is 16.3. The van der Waals surface area contributed by atoms with Crippen molar-refractivity contribution in [3.8, 4) is 0 Å². The minimum atomic E-state index is -0.321. The second-order valence-corrected chi connectivity index (χ2v) is 4.59. The lowest BCUT2D eigenvalue weighted by Gasteiger charge is -2.36. The van der Waals surface area contributed by atoms with Gasteiger partial charge in [-0.05, 0) is 45.2 Å². The van der Waals surface area contributed by atoms with Crippen LogP contribution in [0.15, 0.2) is 0 Å². The number of hydrogen-bond acceptors (Lipinski definition) is 3. The quantitative estimate of drug-likeness (QED) is 0.622. The summed E-state index contributed by atoms with van der Waals surface area (Å²) in [6.45, 7) is 2.20. The van der Waals surface area contributed by atoms with Gasteiger partial charge in [-0.3, -0.25) is 4.90 Å². The highest BCUT2D eigenvalue weighted by Crippen LogP contribution is 2.30. The fourth-order valence-corrected chi connectivity index (χ4v) is 2.08. The first-order chi connectivity index (χ1) is 6.02. The van der Waals surface area contributed by atoms with Crippen molar-refractivity contribution in [2.45, 2.75) is 38.5 Å². The van der Waals surface area contributed by atoms with Crippen molar-refractivity contribution in [3.63, 3.8) is 0 Å².